The van der Waals surface area contributed by atoms with Gasteiger partial charge in [-0.1, -0.05) is 12.1 Å². The summed E-state index contributed by atoms with van der Waals surface area (Å²) in [6.45, 7) is 1.65. The van der Waals surface area contributed by atoms with Crippen LogP contribution in [0.4, 0.5) is 0 Å². The minimum atomic E-state index is -1.07. The largest absolute Gasteiger partial charge is 0.508 e. The van der Waals surface area contributed by atoms with Crippen LogP contribution in [0.1, 0.15) is 18.1 Å². The third-order valence-electron chi connectivity index (χ3n) is 3.47. The highest BCUT2D eigenvalue weighted by Gasteiger charge is 2.19. The molecule has 2 heterocycles. The third kappa shape index (κ3) is 3.36. The summed E-state index contributed by atoms with van der Waals surface area (Å²) in [6, 6.07) is 8.80. The SMILES string of the molecule is C/C(=N\N1CN=C(c2cccc(O)c2)C=C1c1ccsc1)C(=O)O. The summed E-state index contributed by atoms with van der Waals surface area (Å²) < 4.78 is 0. The number of hydrogen-bond donors (Lipinski definition) is 2. The first-order valence-electron chi connectivity index (χ1n) is 7.19. The first-order chi connectivity index (χ1) is 11.5. The van der Waals surface area contributed by atoms with Crippen molar-refractivity contribution in [1.29, 1.82) is 0 Å². The number of hydrogen-bond acceptors (Lipinski definition) is 6. The van der Waals surface area contributed by atoms with Gasteiger partial charge >= 0.3 is 5.97 Å². The van der Waals surface area contributed by atoms with E-state index >= 15 is 0 Å². The Labute approximate surface area is 142 Å². The lowest BCUT2D eigenvalue weighted by molar-refractivity contribution is -0.129. The molecule has 0 fully saturated rings. The van der Waals surface area contributed by atoms with E-state index in [2.05, 4.69) is 10.1 Å². The predicted molar refractivity (Wildman–Crippen MR) is 94.4 cm³/mol. The van der Waals surface area contributed by atoms with Gasteiger partial charge in [-0.3, -0.25) is 4.99 Å². The van der Waals surface area contributed by atoms with Gasteiger partial charge in [-0.2, -0.15) is 16.4 Å². The van der Waals surface area contributed by atoms with Gasteiger partial charge in [0.15, 0.2) is 0 Å². The van der Waals surface area contributed by atoms with Crippen molar-refractivity contribution in [3.05, 3.63) is 58.3 Å². The van der Waals surface area contributed by atoms with Crippen molar-refractivity contribution < 1.29 is 15.0 Å². The maximum atomic E-state index is 11.1. The third-order valence-corrected chi connectivity index (χ3v) is 4.15. The van der Waals surface area contributed by atoms with Crippen molar-refractivity contribution in [2.24, 2.45) is 10.1 Å². The fourth-order valence-corrected chi connectivity index (χ4v) is 2.91. The summed E-state index contributed by atoms with van der Waals surface area (Å²) in [6.07, 6.45) is 1.85. The summed E-state index contributed by atoms with van der Waals surface area (Å²) in [5.74, 6) is -0.898. The number of phenols is 1. The van der Waals surface area contributed by atoms with Crippen molar-refractivity contribution in [3.63, 3.8) is 0 Å². The van der Waals surface area contributed by atoms with E-state index in [4.69, 9.17) is 5.11 Å². The van der Waals surface area contributed by atoms with E-state index in [1.54, 1.807) is 34.5 Å². The average Bonchev–Trinajstić information content (AvgIpc) is 3.09. The molecular formula is C17H15N3O3S. The van der Waals surface area contributed by atoms with Gasteiger partial charge in [0, 0.05) is 16.5 Å². The van der Waals surface area contributed by atoms with Crippen LogP contribution in [0.15, 0.2) is 57.3 Å². The Kier molecular flexibility index (Phi) is 4.43. The van der Waals surface area contributed by atoms with Crippen LogP contribution >= 0.6 is 11.3 Å². The molecule has 0 amide bonds. The number of rotatable bonds is 4. The molecule has 0 bridgehead atoms. The molecule has 1 aliphatic heterocycles. The molecule has 0 saturated heterocycles. The number of aliphatic carboxylic acids is 1. The number of aliphatic imine (C=N–C) groups is 1. The van der Waals surface area contributed by atoms with Crippen molar-refractivity contribution in [2.75, 3.05) is 6.67 Å². The number of hydrazone groups is 1. The average molecular weight is 341 g/mol. The van der Waals surface area contributed by atoms with Crippen LogP contribution < -0.4 is 0 Å². The zero-order valence-corrected chi connectivity index (χ0v) is 13.7. The Morgan fingerprint density at radius 2 is 2.17 bits per heavy atom. The molecule has 0 unspecified atom stereocenters. The van der Waals surface area contributed by atoms with Gasteiger partial charge in [0.1, 0.15) is 18.1 Å². The summed E-state index contributed by atoms with van der Waals surface area (Å²) in [7, 11) is 0. The monoisotopic (exact) mass is 341 g/mol. The number of aromatic hydroxyl groups is 1. The van der Waals surface area contributed by atoms with E-state index in [1.165, 1.54) is 6.92 Å². The molecule has 7 heteroatoms. The number of carboxylic acids is 1. The van der Waals surface area contributed by atoms with Crippen LogP contribution in [0, 0.1) is 0 Å². The fourth-order valence-electron chi connectivity index (χ4n) is 2.26. The summed E-state index contributed by atoms with van der Waals surface area (Å²) in [5.41, 5.74) is 3.21. The minimum Gasteiger partial charge on any atom is -0.508 e. The Morgan fingerprint density at radius 1 is 1.33 bits per heavy atom. The molecule has 2 N–H and O–H groups in total. The fraction of sp³-hybridized carbons (Fsp3) is 0.118. The van der Waals surface area contributed by atoms with Crippen molar-refractivity contribution in [3.8, 4) is 5.75 Å². The van der Waals surface area contributed by atoms with Crippen molar-refractivity contribution >= 4 is 34.4 Å². The maximum absolute atomic E-state index is 11.1. The molecule has 2 aromatic rings. The Balaban J connectivity index is 2.01. The normalized spacial score (nSPS) is 15.0. The molecule has 0 aliphatic carbocycles. The number of allylic oxidation sites excluding steroid dienone is 1. The molecule has 122 valence electrons. The first-order valence-corrected chi connectivity index (χ1v) is 8.13. The molecule has 0 atom stereocenters. The van der Waals surface area contributed by atoms with Gasteiger partial charge in [0.05, 0.1) is 11.4 Å². The van der Waals surface area contributed by atoms with Crippen LogP contribution in [0.3, 0.4) is 0 Å². The molecule has 1 aromatic carbocycles. The van der Waals surface area contributed by atoms with Gasteiger partial charge in [-0.25, -0.2) is 9.80 Å². The van der Waals surface area contributed by atoms with E-state index in [1.807, 2.05) is 29.0 Å². The lowest BCUT2D eigenvalue weighted by Gasteiger charge is -2.24. The van der Waals surface area contributed by atoms with Gasteiger partial charge in [-0.15, -0.1) is 0 Å². The number of carbonyl (C=O) groups is 1. The van der Waals surface area contributed by atoms with E-state index < -0.39 is 5.97 Å². The Hall–Kier alpha value is -2.93. The highest BCUT2D eigenvalue weighted by Crippen LogP contribution is 2.26. The molecular weight excluding hydrogens is 326 g/mol. The second-order valence-electron chi connectivity index (χ2n) is 5.17. The second kappa shape index (κ2) is 6.67. The zero-order valence-electron chi connectivity index (χ0n) is 12.9. The maximum Gasteiger partial charge on any atom is 0.351 e. The van der Waals surface area contributed by atoms with E-state index in [9.17, 15) is 9.90 Å². The quantitative estimate of drug-likeness (QED) is 0.837. The van der Waals surface area contributed by atoms with Crippen LogP contribution in [-0.4, -0.2) is 39.3 Å². The molecule has 3 rings (SSSR count). The summed E-state index contributed by atoms with van der Waals surface area (Å²) in [4.78, 5) is 15.5. The molecule has 1 aromatic heterocycles. The molecule has 24 heavy (non-hydrogen) atoms. The standard InChI is InChI=1S/C17H15N3O3S/c1-11(17(22)23)19-20-10-18-15(12-3-2-4-14(21)7-12)8-16(20)13-5-6-24-9-13/h2-9,21H,10H2,1H3,(H,22,23)/b19-11+. The predicted octanol–water partition coefficient (Wildman–Crippen LogP) is 3.02. The number of benzene rings is 1. The van der Waals surface area contributed by atoms with E-state index in [0.29, 0.717) is 5.71 Å². The Bertz CT molecular complexity index is 854. The van der Waals surface area contributed by atoms with E-state index in [-0.39, 0.29) is 18.1 Å². The van der Waals surface area contributed by atoms with Gasteiger partial charge in [0.25, 0.3) is 0 Å². The van der Waals surface area contributed by atoms with Crippen LogP contribution in [0.2, 0.25) is 0 Å². The second-order valence-corrected chi connectivity index (χ2v) is 5.95. The lowest BCUT2D eigenvalue weighted by Crippen LogP contribution is -2.25. The van der Waals surface area contributed by atoms with Crippen molar-refractivity contribution in [1.82, 2.24) is 5.01 Å². The summed E-state index contributed by atoms with van der Waals surface area (Å²) in [5, 5.41) is 28.3. The zero-order chi connectivity index (χ0) is 17.1. The number of carboxylic acid groups (broad SMARTS) is 1. The summed E-state index contributed by atoms with van der Waals surface area (Å²) >= 11 is 1.55. The van der Waals surface area contributed by atoms with Crippen molar-refractivity contribution in [2.45, 2.75) is 6.92 Å². The smallest absolute Gasteiger partial charge is 0.351 e. The lowest BCUT2D eigenvalue weighted by atomic mass is 10.1. The van der Waals surface area contributed by atoms with E-state index in [0.717, 1.165) is 16.8 Å². The molecule has 0 radical (unpaired) electrons. The topological polar surface area (TPSA) is 85.5 Å². The van der Waals surface area contributed by atoms with Crippen LogP contribution in [0.25, 0.3) is 5.70 Å². The number of phenolic OH excluding ortho intramolecular Hbond substituents is 1. The highest BCUT2D eigenvalue weighted by molar-refractivity contribution is 7.08. The van der Waals surface area contributed by atoms with Crippen LogP contribution in [0.5, 0.6) is 5.75 Å². The number of thiophene rings is 1. The molecule has 1 aliphatic rings. The molecule has 0 saturated carbocycles. The highest BCUT2D eigenvalue weighted by atomic mass is 32.1. The minimum absolute atomic E-state index is 0.00728. The van der Waals surface area contributed by atoms with Crippen LogP contribution in [-0.2, 0) is 4.79 Å². The van der Waals surface area contributed by atoms with Gasteiger partial charge < -0.3 is 10.2 Å². The molecule has 6 nitrogen and oxygen atoms in total. The Morgan fingerprint density at radius 3 is 2.83 bits per heavy atom. The molecule has 0 spiro atoms. The first kappa shape index (κ1) is 15.9. The van der Waals surface area contributed by atoms with Gasteiger partial charge in [0.2, 0.25) is 0 Å². The van der Waals surface area contributed by atoms with Gasteiger partial charge in [-0.05, 0) is 36.6 Å². The number of nitrogens with zero attached hydrogens (tertiary/aromatic N) is 3.